The van der Waals surface area contributed by atoms with Gasteiger partial charge >= 0.3 is 0 Å². The molecule has 1 aromatic rings. The topological polar surface area (TPSA) is 23.5 Å². The van der Waals surface area contributed by atoms with Crippen molar-refractivity contribution >= 4 is 0 Å². The summed E-state index contributed by atoms with van der Waals surface area (Å²) in [4.78, 5) is 2.08. The summed E-state index contributed by atoms with van der Waals surface area (Å²) in [7, 11) is 2.01. The van der Waals surface area contributed by atoms with Gasteiger partial charge in [0, 0.05) is 31.1 Å². The van der Waals surface area contributed by atoms with E-state index < -0.39 is 11.2 Å². The van der Waals surface area contributed by atoms with Gasteiger partial charge in [0.15, 0.2) is 0 Å². The van der Waals surface area contributed by atoms with Crippen LogP contribution in [0.3, 0.4) is 0 Å². The van der Waals surface area contributed by atoms with Crippen LogP contribution in [0.2, 0.25) is 0 Å². The Morgan fingerprint density at radius 2 is 2.22 bits per heavy atom. The van der Waals surface area contributed by atoms with Crippen LogP contribution < -0.4 is 0 Å². The molecule has 0 bridgehead atoms. The van der Waals surface area contributed by atoms with Crippen molar-refractivity contribution in [2.24, 2.45) is 5.92 Å². The number of nitrogens with zero attached hydrogens (tertiary/aromatic N) is 1. The minimum atomic E-state index is -0.577. The molecular weight excluding hydrogens is 289 g/mol. The fourth-order valence-corrected chi connectivity index (χ4v) is 3.37. The summed E-state index contributed by atoms with van der Waals surface area (Å²) >= 11 is 0. The number of halogens is 1. The highest BCUT2D eigenvalue weighted by molar-refractivity contribution is 5.57. The smallest absolute Gasteiger partial charge is 0.126 e. The standard InChI is InChI=1S/C20H20FNO/c1-3-15-6-4-5-11-20(15,16-9-12-22(2)13-10-16)18-8-7-17(21)14-19(18)23/h3-12,14-15,23H,1,13H2,2H3. The number of phenols is 1. The van der Waals surface area contributed by atoms with Crippen molar-refractivity contribution in [1.29, 1.82) is 0 Å². The first kappa shape index (κ1) is 15.3. The zero-order valence-corrected chi connectivity index (χ0v) is 13.1. The predicted molar refractivity (Wildman–Crippen MR) is 91.6 cm³/mol. The van der Waals surface area contributed by atoms with Crippen LogP contribution in [0.1, 0.15) is 5.56 Å². The molecule has 1 aromatic carbocycles. The molecule has 2 aliphatic rings. The first-order chi connectivity index (χ1) is 11.1. The van der Waals surface area contributed by atoms with Crippen molar-refractivity contribution in [2.75, 3.05) is 13.6 Å². The van der Waals surface area contributed by atoms with Gasteiger partial charge in [-0.15, -0.1) is 6.58 Å². The maximum absolute atomic E-state index is 13.5. The molecule has 1 aliphatic heterocycles. The Morgan fingerprint density at radius 1 is 1.39 bits per heavy atom. The molecule has 118 valence electrons. The molecule has 2 unspecified atom stereocenters. The first-order valence-electron chi connectivity index (χ1n) is 7.64. The van der Waals surface area contributed by atoms with E-state index in [1.807, 2.05) is 37.6 Å². The van der Waals surface area contributed by atoms with Gasteiger partial charge in [0.2, 0.25) is 0 Å². The number of hydrogen-bond donors (Lipinski definition) is 1. The monoisotopic (exact) mass is 309 g/mol. The third kappa shape index (κ3) is 2.52. The van der Waals surface area contributed by atoms with Crippen LogP contribution >= 0.6 is 0 Å². The summed E-state index contributed by atoms with van der Waals surface area (Å²) in [6, 6.07) is 4.22. The van der Waals surface area contributed by atoms with Crippen LogP contribution in [0, 0.1) is 11.7 Å². The normalized spacial score (nSPS) is 26.3. The molecule has 23 heavy (non-hydrogen) atoms. The predicted octanol–water partition coefficient (Wildman–Crippen LogP) is 4.08. The van der Waals surface area contributed by atoms with Crippen LogP contribution in [0.4, 0.5) is 4.39 Å². The van der Waals surface area contributed by atoms with Gasteiger partial charge < -0.3 is 10.0 Å². The zero-order valence-electron chi connectivity index (χ0n) is 13.1. The molecule has 1 N–H and O–H groups in total. The van der Waals surface area contributed by atoms with Crippen molar-refractivity contribution in [1.82, 2.24) is 4.90 Å². The van der Waals surface area contributed by atoms with Gasteiger partial charge in [-0.1, -0.05) is 42.5 Å². The molecule has 0 aromatic heterocycles. The van der Waals surface area contributed by atoms with Crippen molar-refractivity contribution < 1.29 is 9.50 Å². The molecule has 0 saturated heterocycles. The van der Waals surface area contributed by atoms with Gasteiger partial charge in [-0.25, -0.2) is 4.39 Å². The second kappa shape index (κ2) is 5.92. The van der Waals surface area contributed by atoms with Gasteiger partial charge in [0.1, 0.15) is 11.6 Å². The van der Waals surface area contributed by atoms with E-state index in [4.69, 9.17) is 0 Å². The van der Waals surface area contributed by atoms with Crippen LogP contribution in [0.5, 0.6) is 5.75 Å². The van der Waals surface area contributed by atoms with Gasteiger partial charge in [-0.3, -0.25) is 0 Å². The number of phenolic OH excluding ortho intramolecular Hbond substituents is 1. The van der Waals surface area contributed by atoms with E-state index >= 15 is 0 Å². The number of benzene rings is 1. The molecule has 2 nitrogen and oxygen atoms in total. The average molecular weight is 309 g/mol. The highest BCUT2D eigenvalue weighted by atomic mass is 19.1. The van der Waals surface area contributed by atoms with Crippen molar-refractivity contribution in [2.45, 2.75) is 5.41 Å². The van der Waals surface area contributed by atoms with Crippen LogP contribution in [-0.2, 0) is 5.41 Å². The first-order valence-corrected chi connectivity index (χ1v) is 7.64. The van der Waals surface area contributed by atoms with E-state index in [1.54, 1.807) is 6.07 Å². The number of likely N-dealkylation sites (N-methyl/N-ethyl adjacent to an activating group) is 1. The maximum Gasteiger partial charge on any atom is 0.126 e. The van der Waals surface area contributed by atoms with Gasteiger partial charge in [0.25, 0.3) is 0 Å². The lowest BCUT2D eigenvalue weighted by molar-refractivity contribution is 0.430. The molecule has 2 atom stereocenters. The number of hydrogen-bond acceptors (Lipinski definition) is 2. The highest BCUT2D eigenvalue weighted by Crippen LogP contribution is 2.48. The van der Waals surface area contributed by atoms with Crippen molar-refractivity contribution in [3.63, 3.8) is 0 Å². The van der Waals surface area contributed by atoms with E-state index in [0.29, 0.717) is 5.56 Å². The van der Waals surface area contributed by atoms with Crippen LogP contribution in [-0.4, -0.2) is 23.6 Å². The Labute approximate surface area is 136 Å². The Kier molecular flexibility index (Phi) is 3.95. The molecule has 3 heteroatoms. The fourth-order valence-electron chi connectivity index (χ4n) is 3.37. The van der Waals surface area contributed by atoms with Gasteiger partial charge in [-0.05, 0) is 23.9 Å². The largest absolute Gasteiger partial charge is 0.508 e. The Bertz CT molecular complexity index is 744. The molecule has 1 heterocycles. The summed E-state index contributed by atoms with van der Waals surface area (Å²) in [6.07, 6.45) is 16.1. The van der Waals surface area contributed by atoms with E-state index in [1.165, 1.54) is 12.1 Å². The number of rotatable bonds is 3. The highest BCUT2D eigenvalue weighted by Gasteiger charge is 2.41. The van der Waals surface area contributed by atoms with E-state index in [2.05, 4.69) is 29.7 Å². The third-order valence-corrected chi connectivity index (χ3v) is 4.56. The van der Waals surface area contributed by atoms with Gasteiger partial charge in [0.05, 0.1) is 5.41 Å². The summed E-state index contributed by atoms with van der Waals surface area (Å²) in [5, 5.41) is 10.4. The Morgan fingerprint density at radius 3 is 2.87 bits per heavy atom. The minimum Gasteiger partial charge on any atom is -0.508 e. The zero-order chi connectivity index (χ0) is 16.4. The molecule has 0 amide bonds. The molecule has 0 saturated carbocycles. The van der Waals surface area contributed by atoms with E-state index in [0.717, 1.165) is 12.1 Å². The average Bonchev–Trinajstić information content (AvgIpc) is 2.55. The fraction of sp³-hybridized carbons (Fsp3) is 0.200. The summed E-state index contributed by atoms with van der Waals surface area (Å²) in [5.74, 6) is -0.507. The Hall–Kier alpha value is -2.55. The van der Waals surface area contributed by atoms with Gasteiger partial charge in [-0.2, -0.15) is 0 Å². The Balaban J connectivity index is 2.22. The van der Waals surface area contributed by atoms with Crippen LogP contribution in [0.15, 0.2) is 79.1 Å². The van der Waals surface area contributed by atoms with E-state index in [9.17, 15) is 9.50 Å². The summed E-state index contributed by atoms with van der Waals surface area (Å²) in [6.45, 7) is 4.75. The second-order valence-corrected chi connectivity index (χ2v) is 5.95. The third-order valence-electron chi connectivity index (χ3n) is 4.56. The molecule has 3 rings (SSSR count). The molecule has 0 fully saturated rings. The van der Waals surface area contributed by atoms with Crippen molar-refractivity contribution in [3.05, 3.63) is 90.5 Å². The SMILES string of the molecule is C=CC1C=CC=CC1(C1=CCN(C)C=C1)c1ccc(F)cc1O. The minimum absolute atomic E-state index is 0.0248. The van der Waals surface area contributed by atoms with Crippen molar-refractivity contribution in [3.8, 4) is 5.75 Å². The maximum atomic E-state index is 13.5. The lowest BCUT2D eigenvalue weighted by Crippen LogP contribution is -2.36. The number of allylic oxidation sites excluding steroid dienone is 7. The molecule has 0 spiro atoms. The lowest BCUT2D eigenvalue weighted by Gasteiger charge is -2.40. The second-order valence-electron chi connectivity index (χ2n) is 5.95. The number of aromatic hydroxyl groups is 1. The summed E-state index contributed by atoms with van der Waals surface area (Å²) < 4.78 is 13.5. The molecular formula is C20H20FNO. The van der Waals surface area contributed by atoms with E-state index in [-0.39, 0.29) is 11.7 Å². The molecule has 0 radical (unpaired) electrons. The molecule has 1 aliphatic carbocycles. The quantitative estimate of drug-likeness (QED) is 0.850. The summed E-state index contributed by atoms with van der Waals surface area (Å²) in [5.41, 5.74) is 1.18. The lowest BCUT2D eigenvalue weighted by atomic mass is 9.63. The van der Waals surface area contributed by atoms with Crippen LogP contribution in [0.25, 0.3) is 0 Å².